The topological polar surface area (TPSA) is 94.0 Å². The zero-order valence-electron chi connectivity index (χ0n) is 10.3. The number of pyridine rings is 1. The average Bonchev–Trinajstić information content (AvgIpc) is 2.34. The van der Waals surface area contributed by atoms with Crippen molar-refractivity contribution in [1.82, 2.24) is 4.98 Å². The zero-order chi connectivity index (χ0) is 14.0. The van der Waals surface area contributed by atoms with Crippen LogP contribution < -0.4 is 16.8 Å². The van der Waals surface area contributed by atoms with Crippen LogP contribution in [0.25, 0.3) is 0 Å². The van der Waals surface area contributed by atoms with E-state index < -0.39 is 5.91 Å². The first-order chi connectivity index (χ1) is 8.97. The van der Waals surface area contributed by atoms with Crippen molar-refractivity contribution in [2.45, 2.75) is 6.92 Å². The Morgan fingerprint density at radius 2 is 2.11 bits per heavy atom. The molecule has 98 valence electrons. The second kappa shape index (κ2) is 5.16. The van der Waals surface area contributed by atoms with Gasteiger partial charge >= 0.3 is 0 Å². The molecule has 6 heteroatoms. The number of aromatic nitrogens is 1. The van der Waals surface area contributed by atoms with Crippen LogP contribution in [0, 0.1) is 6.92 Å². The summed E-state index contributed by atoms with van der Waals surface area (Å²) in [5, 5.41) is 3.35. The predicted octanol–water partition coefficient (Wildman–Crippen LogP) is 2.47. The number of carbonyl (C=O) groups excluding carboxylic acids is 1. The number of primary amides is 1. The van der Waals surface area contributed by atoms with Gasteiger partial charge in [-0.05, 0) is 31.2 Å². The molecule has 0 aliphatic heterocycles. The van der Waals surface area contributed by atoms with E-state index in [1.54, 1.807) is 12.3 Å². The Labute approximate surface area is 115 Å². The summed E-state index contributed by atoms with van der Waals surface area (Å²) in [7, 11) is 0. The molecule has 0 spiro atoms. The fraction of sp³-hybridized carbons (Fsp3) is 0.0769. The molecule has 0 saturated carbocycles. The van der Waals surface area contributed by atoms with Crippen LogP contribution in [0.3, 0.4) is 0 Å². The fourth-order valence-electron chi connectivity index (χ4n) is 1.64. The number of hydrogen-bond acceptors (Lipinski definition) is 4. The smallest absolute Gasteiger partial charge is 0.250 e. The number of anilines is 3. The minimum Gasteiger partial charge on any atom is -0.399 e. The van der Waals surface area contributed by atoms with Crippen molar-refractivity contribution in [3.8, 4) is 0 Å². The van der Waals surface area contributed by atoms with E-state index in [1.165, 1.54) is 6.07 Å². The number of aryl methyl sites for hydroxylation is 1. The van der Waals surface area contributed by atoms with Gasteiger partial charge in [0.1, 0.15) is 0 Å². The second-order valence-electron chi connectivity index (χ2n) is 4.10. The van der Waals surface area contributed by atoms with Crippen molar-refractivity contribution in [3.63, 3.8) is 0 Å². The number of hydrogen-bond donors (Lipinski definition) is 3. The summed E-state index contributed by atoms with van der Waals surface area (Å²) in [6.45, 7) is 1.88. The van der Waals surface area contributed by atoms with E-state index in [4.69, 9.17) is 23.1 Å². The van der Waals surface area contributed by atoms with Crippen molar-refractivity contribution in [3.05, 3.63) is 46.7 Å². The third kappa shape index (κ3) is 2.95. The van der Waals surface area contributed by atoms with Gasteiger partial charge in [-0.1, -0.05) is 11.6 Å². The van der Waals surface area contributed by atoms with Gasteiger partial charge in [-0.25, -0.2) is 0 Å². The Balaban J connectivity index is 2.44. The van der Waals surface area contributed by atoms with Crippen LogP contribution >= 0.6 is 11.6 Å². The summed E-state index contributed by atoms with van der Waals surface area (Å²) in [4.78, 5) is 15.6. The summed E-state index contributed by atoms with van der Waals surface area (Å²) < 4.78 is 0. The van der Waals surface area contributed by atoms with Crippen LogP contribution in [0.4, 0.5) is 17.1 Å². The van der Waals surface area contributed by atoms with Crippen LogP contribution in [-0.4, -0.2) is 10.9 Å². The van der Waals surface area contributed by atoms with Crippen LogP contribution in [0.15, 0.2) is 30.5 Å². The maximum atomic E-state index is 11.4. The molecule has 0 aliphatic rings. The van der Waals surface area contributed by atoms with Crippen LogP contribution in [0.5, 0.6) is 0 Å². The maximum Gasteiger partial charge on any atom is 0.250 e. The Hall–Kier alpha value is -2.27. The zero-order valence-corrected chi connectivity index (χ0v) is 11.0. The molecule has 0 fully saturated rings. The lowest BCUT2D eigenvalue weighted by Gasteiger charge is -2.13. The lowest BCUT2D eigenvalue weighted by molar-refractivity contribution is 0.100. The number of nitrogen functional groups attached to an aromatic ring is 1. The number of nitrogens with one attached hydrogen (secondary N) is 1. The molecular formula is C13H13ClN4O. The molecule has 0 radical (unpaired) electrons. The van der Waals surface area contributed by atoms with Gasteiger partial charge in [-0.15, -0.1) is 0 Å². The number of benzene rings is 1. The van der Waals surface area contributed by atoms with Gasteiger partial charge in [0.25, 0.3) is 5.91 Å². The Morgan fingerprint density at radius 3 is 2.68 bits per heavy atom. The Morgan fingerprint density at radius 1 is 1.37 bits per heavy atom. The summed E-state index contributed by atoms with van der Waals surface area (Å²) >= 11 is 6.09. The highest BCUT2D eigenvalue weighted by Crippen LogP contribution is 2.31. The van der Waals surface area contributed by atoms with E-state index >= 15 is 0 Å². The van der Waals surface area contributed by atoms with Gasteiger partial charge in [0, 0.05) is 11.4 Å². The van der Waals surface area contributed by atoms with E-state index in [0.717, 1.165) is 5.69 Å². The van der Waals surface area contributed by atoms with Crippen LogP contribution in [-0.2, 0) is 0 Å². The first-order valence-electron chi connectivity index (χ1n) is 5.56. The molecule has 1 amide bonds. The number of nitrogens with two attached hydrogens (primary N) is 2. The Kier molecular flexibility index (Phi) is 3.57. The third-order valence-electron chi connectivity index (χ3n) is 2.56. The predicted molar refractivity (Wildman–Crippen MR) is 76.6 cm³/mol. The second-order valence-corrected chi connectivity index (χ2v) is 4.51. The lowest BCUT2D eigenvalue weighted by atomic mass is 10.1. The minimum atomic E-state index is -0.600. The molecule has 2 rings (SSSR count). The molecule has 0 bridgehead atoms. The highest BCUT2D eigenvalue weighted by molar-refractivity contribution is 6.34. The molecule has 1 heterocycles. The molecule has 0 aliphatic carbocycles. The number of amides is 1. The van der Waals surface area contributed by atoms with Gasteiger partial charge in [0.2, 0.25) is 0 Å². The largest absolute Gasteiger partial charge is 0.399 e. The van der Waals surface area contributed by atoms with Gasteiger partial charge in [0.05, 0.1) is 28.2 Å². The van der Waals surface area contributed by atoms with Crippen molar-refractivity contribution < 1.29 is 4.79 Å². The molecule has 1 aromatic heterocycles. The summed E-state index contributed by atoms with van der Waals surface area (Å²) in [6.07, 6.45) is 1.65. The van der Waals surface area contributed by atoms with Crippen molar-refractivity contribution in [2.75, 3.05) is 11.1 Å². The molecular weight excluding hydrogens is 264 g/mol. The van der Waals surface area contributed by atoms with Crippen LogP contribution in [0.2, 0.25) is 5.02 Å². The van der Waals surface area contributed by atoms with Gasteiger partial charge in [0.15, 0.2) is 0 Å². The van der Waals surface area contributed by atoms with E-state index in [2.05, 4.69) is 10.3 Å². The van der Waals surface area contributed by atoms with Crippen molar-refractivity contribution in [1.29, 1.82) is 0 Å². The molecule has 0 saturated heterocycles. The van der Waals surface area contributed by atoms with Gasteiger partial charge in [-0.3, -0.25) is 9.78 Å². The van der Waals surface area contributed by atoms with Crippen LogP contribution in [0.1, 0.15) is 16.1 Å². The normalized spacial score (nSPS) is 10.2. The van der Waals surface area contributed by atoms with E-state index in [1.807, 2.05) is 19.1 Å². The summed E-state index contributed by atoms with van der Waals surface area (Å²) in [5.74, 6) is -0.600. The summed E-state index contributed by atoms with van der Waals surface area (Å²) in [6, 6.07) is 6.72. The molecule has 19 heavy (non-hydrogen) atoms. The highest BCUT2D eigenvalue weighted by atomic mass is 35.5. The summed E-state index contributed by atoms with van der Waals surface area (Å²) in [5.41, 5.74) is 13.6. The fourth-order valence-corrected chi connectivity index (χ4v) is 1.91. The monoisotopic (exact) mass is 276 g/mol. The Bertz CT molecular complexity index is 625. The number of rotatable bonds is 3. The molecule has 5 N–H and O–H groups in total. The van der Waals surface area contributed by atoms with Crippen molar-refractivity contribution in [2.24, 2.45) is 5.73 Å². The standard InChI is InChI=1S/C13H13ClN4O/c1-7-2-3-9(6-17-7)18-12-10(13(16)19)4-8(15)5-11(12)14/h2-6,18H,15H2,1H3,(H2,16,19). The van der Waals surface area contributed by atoms with E-state index in [9.17, 15) is 4.79 Å². The first kappa shape index (κ1) is 13.2. The number of halogens is 1. The quantitative estimate of drug-likeness (QED) is 0.751. The van der Waals surface area contributed by atoms with Gasteiger partial charge in [-0.2, -0.15) is 0 Å². The third-order valence-corrected chi connectivity index (χ3v) is 2.86. The molecule has 5 nitrogen and oxygen atoms in total. The lowest BCUT2D eigenvalue weighted by Crippen LogP contribution is -2.14. The number of carbonyl (C=O) groups is 1. The molecule has 2 aromatic rings. The van der Waals surface area contributed by atoms with E-state index in [0.29, 0.717) is 22.1 Å². The molecule has 0 unspecified atom stereocenters. The van der Waals surface area contributed by atoms with E-state index in [-0.39, 0.29) is 5.56 Å². The van der Waals surface area contributed by atoms with Gasteiger partial charge < -0.3 is 16.8 Å². The SMILES string of the molecule is Cc1ccc(Nc2c(Cl)cc(N)cc2C(N)=O)cn1. The van der Waals surface area contributed by atoms with Crippen molar-refractivity contribution >= 4 is 34.6 Å². The highest BCUT2D eigenvalue weighted by Gasteiger charge is 2.13. The number of nitrogens with zero attached hydrogens (tertiary/aromatic N) is 1. The molecule has 1 aromatic carbocycles. The average molecular weight is 277 g/mol. The maximum absolute atomic E-state index is 11.4. The minimum absolute atomic E-state index is 0.241. The first-order valence-corrected chi connectivity index (χ1v) is 5.93. The molecule has 0 atom stereocenters.